The summed E-state index contributed by atoms with van der Waals surface area (Å²) in [4.78, 5) is 0. The molecule has 19 heavy (non-hydrogen) atoms. The Morgan fingerprint density at radius 2 is 1.63 bits per heavy atom. The Morgan fingerprint density at radius 3 is 2.26 bits per heavy atom. The van der Waals surface area contributed by atoms with Gasteiger partial charge >= 0.3 is 6.18 Å². The van der Waals surface area contributed by atoms with Crippen molar-refractivity contribution in [3.8, 4) is 0 Å². The van der Waals surface area contributed by atoms with E-state index >= 15 is 0 Å². The third kappa shape index (κ3) is 3.38. The maximum Gasteiger partial charge on any atom is 0.416 e. The molecule has 0 aliphatic rings. The van der Waals surface area contributed by atoms with E-state index in [0.717, 1.165) is 18.2 Å². The first-order valence-corrected chi connectivity index (χ1v) is 5.63. The Kier molecular flexibility index (Phi) is 3.66. The van der Waals surface area contributed by atoms with Gasteiger partial charge in [0.05, 0.1) is 10.6 Å². The summed E-state index contributed by atoms with van der Waals surface area (Å²) in [6.07, 6.45) is -4.40. The highest BCUT2D eigenvalue weighted by molar-refractivity contribution is 6.31. The van der Waals surface area contributed by atoms with Gasteiger partial charge in [0.25, 0.3) is 0 Å². The zero-order valence-electron chi connectivity index (χ0n) is 9.43. The van der Waals surface area contributed by atoms with E-state index in [4.69, 9.17) is 11.6 Å². The van der Waals surface area contributed by atoms with E-state index in [2.05, 4.69) is 5.32 Å². The molecule has 0 saturated heterocycles. The van der Waals surface area contributed by atoms with Gasteiger partial charge in [-0.1, -0.05) is 17.7 Å². The second-order valence-electron chi connectivity index (χ2n) is 3.83. The lowest BCUT2D eigenvalue weighted by Gasteiger charge is -2.11. The number of alkyl halides is 3. The topological polar surface area (TPSA) is 12.0 Å². The predicted molar refractivity (Wildman–Crippen MR) is 66.1 cm³/mol. The van der Waals surface area contributed by atoms with Gasteiger partial charge in [-0.15, -0.1) is 0 Å². The smallest absolute Gasteiger partial charge is 0.355 e. The van der Waals surface area contributed by atoms with Gasteiger partial charge < -0.3 is 5.32 Å². The summed E-state index contributed by atoms with van der Waals surface area (Å²) < 4.78 is 50.5. The van der Waals surface area contributed by atoms with Crippen molar-refractivity contribution in [2.45, 2.75) is 6.18 Å². The number of hydrogen-bond donors (Lipinski definition) is 1. The summed E-state index contributed by atoms with van der Waals surface area (Å²) in [7, 11) is 0. The fraction of sp³-hybridized carbons (Fsp3) is 0.0769. The summed E-state index contributed by atoms with van der Waals surface area (Å²) in [5.74, 6) is -0.587. The highest BCUT2D eigenvalue weighted by Crippen LogP contribution is 2.31. The van der Waals surface area contributed by atoms with Crippen molar-refractivity contribution in [1.82, 2.24) is 0 Å². The van der Waals surface area contributed by atoms with Crippen molar-refractivity contribution in [3.05, 3.63) is 58.9 Å². The Morgan fingerprint density at radius 1 is 0.947 bits per heavy atom. The molecule has 100 valence electrons. The van der Waals surface area contributed by atoms with Crippen LogP contribution in [-0.4, -0.2) is 0 Å². The second-order valence-corrected chi connectivity index (χ2v) is 4.24. The molecule has 0 radical (unpaired) electrons. The van der Waals surface area contributed by atoms with Gasteiger partial charge in [-0.2, -0.15) is 13.2 Å². The van der Waals surface area contributed by atoms with Gasteiger partial charge in [0.1, 0.15) is 5.82 Å². The van der Waals surface area contributed by atoms with E-state index in [-0.39, 0.29) is 10.7 Å². The molecule has 6 heteroatoms. The molecule has 2 rings (SSSR count). The van der Waals surface area contributed by atoms with E-state index in [0.29, 0.717) is 5.69 Å². The lowest BCUT2D eigenvalue weighted by atomic mass is 10.2. The molecule has 2 aromatic carbocycles. The minimum atomic E-state index is -4.40. The zero-order valence-corrected chi connectivity index (χ0v) is 10.2. The second kappa shape index (κ2) is 5.09. The molecule has 0 fully saturated rings. The maximum absolute atomic E-state index is 12.9. The summed E-state index contributed by atoms with van der Waals surface area (Å²) >= 11 is 5.59. The maximum atomic E-state index is 12.9. The van der Waals surface area contributed by atoms with Crippen molar-refractivity contribution in [3.63, 3.8) is 0 Å². The molecule has 0 saturated carbocycles. The van der Waals surface area contributed by atoms with Crippen LogP contribution in [0.3, 0.4) is 0 Å². The van der Waals surface area contributed by atoms with Gasteiger partial charge in [0.15, 0.2) is 0 Å². The fourth-order valence-electron chi connectivity index (χ4n) is 1.51. The average Bonchev–Trinajstić information content (AvgIpc) is 2.33. The first kappa shape index (κ1) is 13.7. The normalized spacial score (nSPS) is 11.4. The van der Waals surface area contributed by atoms with Crippen molar-refractivity contribution >= 4 is 23.0 Å². The third-order valence-corrected chi connectivity index (χ3v) is 2.69. The number of benzene rings is 2. The molecule has 0 unspecified atom stereocenters. The van der Waals surface area contributed by atoms with E-state index in [1.165, 1.54) is 24.3 Å². The zero-order chi connectivity index (χ0) is 14.0. The monoisotopic (exact) mass is 289 g/mol. The van der Waals surface area contributed by atoms with Crippen LogP contribution in [0.15, 0.2) is 42.5 Å². The van der Waals surface area contributed by atoms with E-state index in [1.54, 1.807) is 0 Å². The van der Waals surface area contributed by atoms with Gasteiger partial charge in [-0.05, 0) is 36.4 Å². The van der Waals surface area contributed by atoms with Crippen molar-refractivity contribution in [1.29, 1.82) is 0 Å². The van der Waals surface area contributed by atoms with Crippen LogP contribution in [0.25, 0.3) is 0 Å². The van der Waals surface area contributed by atoms with Crippen molar-refractivity contribution < 1.29 is 17.6 Å². The highest BCUT2D eigenvalue weighted by atomic mass is 35.5. The van der Waals surface area contributed by atoms with E-state index < -0.39 is 17.6 Å². The number of rotatable bonds is 2. The molecule has 0 heterocycles. The van der Waals surface area contributed by atoms with Gasteiger partial charge in [0, 0.05) is 11.4 Å². The predicted octanol–water partition coefficient (Wildman–Crippen LogP) is 5.24. The Labute approximate surface area is 111 Å². The van der Waals surface area contributed by atoms with Gasteiger partial charge in [0.2, 0.25) is 0 Å². The molecule has 2 aromatic rings. The Balaban J connectivity index is 2.26. The number of hydrogen-bond acceptors (Lipinski definition) is 1. The molecule has 0 aromatic heterocycles. The van der Waals surface area contributed by atoms with Crippen molar-refractivity contribution in [2.75, 3.05) is 5.32 Å². The van der Waals surface area contributed by atoms with Crippen LogP contribution in [0.2, 0.25) is 5.02 Å². The Bertz CT molecular complexity index is 595. The quantitative estimate of drug-likeness (QED) is 0.745. The van der Waals surface area contributed by atoms with Crippen LogP contribution >= 0.6 is 11.6 Å². The highest BCUT2D eigenvalue weighted by Gasteiger charge is 2.30. The lowest BCUT2D eigenvalue weighted by molar-refractivity contribution is -0.137. The van der Waals surface area contributed by atoms with Crippen LogP contribution in [-0.2, 0) is 6.18 Å². The summed E-state index contributed by atoms with van der Waals surface area (Å²) in [6, 6.07) is 8.54. The standard InChI is InChI=1S/C13H8ClF4N/c14-11-7-10(4-5-12(11)15)19-9-3-1-2-8(6-9)13(16,17)18/h1-7,19H. The molecule has 0 spiro atoms. The van der Waals surface area contributed by atoms with E-state index in [1.807, 2.05) is 0 Å². The molecular weight excluding hydrogens is 282 g/mol. The van der Waals surface area contributed by atoms with Crippen LogP contribution < -0.4 is 5.32 Å². The van der Waals surface area contributed by atoms with Crippen LogP contribution in [0.4, 0.5) is 28.9 Å². The van der Waals surface area contributed by atoms with Gasteiger partial charge in [-0.3, -0.25) is 0 Å². The molecular formula is C13H8ClF4N. The molecule has 0 atom stereocenters. The molecule has 1 N–H and O–H groups in total. The third-order valence-electron chi connectivity index (χ3n) is 2.40. The molecule has 0 aliphatic carbocycles. The van der Waals surface area contributed by atoms with E-state index in [9.17, 15) is 17.6 Å². The number of nitrogens with one attached hydrogen (secondary N) is 1. The molecule has 1 nitrogen and oxygen atoms in total. The Hall–Kier alpha value is -1.75. The largest absolute Gasteiger partial charge is 0.416 e. The van der Waals surface area contributed by atoms with Crippen molar-refractivity contribution in [2.24, 2.45) is 0 Å². The number of anilines is 2. The minimum absolute atomic E-state index is 0.100. The first-order chi connectivity index (χ1) is 8.86. The van der Waals surface area contributed by atoms with Crippen LogP contribution in [0, 0.1) is 5.82 Å². The summed E-state index contributed by atoms with van der Waals surface area (Å²) in [6.45, 7) is 0. The van der Waals surface area contributed by atoms with Gasteiger partial charge in [-0.25, -0.2) is 4.39 Å². The average molecular weight is 290 g/mol. The van der Waals surface area contributed by atoms with Crippen LogP contribution in [0.5, 0.6) is 0 Å². The fourth-order valence-corrected chi connectivity index (χ4v) is 1.69. The minimum Gasteiger partial charge on any atom is -0.355 e. The van der Waals surface area contributed by atoms with Crippen LogP contribution in [0.1, 0.15) is 5.56 Å². The molecule has 0 aliphatic heterocycles. The molecule has 0 bridgehead atoms. The number of halogens is 5. The summed E-state index contributed by atoms with van der Waals surface area (Å²) in [5, 5.41) is 2.63. The summed E-state index contributed by atoms with van der Waals surface area (Å²) in [5.41, 5.74) is -0.103. The SMILES string of the molecule is Fc1ccc(Nc2cccc(C(F)(F)F)c2)cc1Cl. The molecule has 0 amide bonds. The first-order valence-electron chi connectivity index (χ1n) is 5.25. The lowest BCUT2D eigenvalue weighted by Crippen LogP contribution is -2.05.